The number of carbonyl (C=O) groups excluding carboxylic acids is 1. The lowest BCUT2D eigenvalue weighted by atomic mass is 10.1. The van der Waals surface area contributed by atoms with Gasteiger partial charge < -0.3 is 5.32 Å². The van der Waals surface area contributed by atoms with Crippen LogP contribution < -0.4 is 9.62 Å². The molecule has 0 radical (unpaired) electrons. The van der Waals surface area contributed by atoms with Crippen molar-refractivity contribution in [2.75, 3.05) is 21.9 Å². The van der Waals surface area contributed by atoms with Crippen LogP contribution in [-0.2, 0) is 11.0 Å². The van der Waals surface area contributed by atoms with E-state index in [1.54, 1.807) is 48.8 Å². The first-order valence-corrected chi connectivity index (χ1v) is 12.8. The molecule has 1 amide bonds. The lowest BCUT2D eigenvalue weighted by Gasteiger charge is -2.27. The molecule has 3 heterocycles. The first-order valence-electron chi connectivity index (χ1n) is 10.8. The number of pyridine rings is 2. The standard InChI is InChI=1S/C25H20Cl2N4O2S/c26-21-7-4-17(13-20(21)24-8-3-16-15-28-10-9-23(16)30-24)29-25(32)19-6-5-18(14-22(19)27)31-11-1-2-12-34(31)33/h3-10,13-15H,1-2,11-12H2,(H,29,32). The number of benzene rings is 2. The molecule has 34 heavy (non-hydrogen) atoms. The van der Waals surface area contributed by atoms with Gasteiger partial charge in [0, 0.05) is 41.3 Å². The van der Waals surface area contributed by atoms with E-state index < -0.39 is 11.0 Å². The van der Waals surface area contributed by atoms with Gasteiger partial charge in [-0.05, 0) is 67.4 Å². The highest BCUT2D eigenvalue weighted by Gasteiger charge is 2.20. The van der Waals surface area contributed by atoms with E-state index in [9.17, 15) is 9.00 Å². The average Bonchev–Trinajstić information content (AvgIpc) is 2.85. The Balaban J connectivity index is 1.39. The quantitative estimate of drug-likeness (QED) is 0.358. The van der Waals surface area contributed by atoms with Crippen molar-refractivity contribution in [3.05, 3.63) is 82.6 Å². The Hall–Kier alpha value is -3.00. The molecular weight excluding hydrogens is 491 g/mol. The molecule has 1 atom stereocenters. The molecule has 1 unspecified atom stereocenters. The van der Waals surface area contributed by atoms with Crippen LogP contribution in [0.4, 0.5) is 11.4 Å². The zero-order valence-electron chi connectivity index (χ0n) is 18.0. The number of anilines is 2. The van der Waals surface area contributed by atoms with Crippen LogP contribution in [0.1, 0.15) is 23.2 Å². The fourth-order valence-corrected chi connectivity index (χ4v) is 5.72. The number of nitrogens with one attached hydrogen (secondary N) is 1. The summed E-state index contributed by atoms with van der Waals surface area (Å²) >= 11 is 12.9. The topological polar surface area (TPSA) is 75.2 Å². The zero-order valence-corrected chi connectivity index (χ0v) is 20.3. The smallest absolute Gasteiger partial charge is 0.257 e. The van der Waals surface area contributed by atoms with Crippen LogP contribution in [-0.4, -0.2) is 32.4 Å². The lowest BCUT2D eigenvalue weighted by Crippen LogP contribution is -2.33. The summed E-state index contributed by atoms with van der Waals surface area (Å²) in [6, 6.07) is 16.0. The maximum Gasteiger partial charge on any atom is 0.257 e. The van der Waals surface area contributed by atoms with Gasteiger partial charge in [-0.15, -0.1) is 0 Å². The van der Waals surface area contributed by atoms with Crippen molar-refractivity contribution in [1.82, 2.24) is 9.97 Å². The van der Waals surface area contributed by atoms with E-state index in [0.29, 0.717) is 44.9 Å². The molecule has 1 fully saturated rings. The van der Waals surface area contributed by atoms with Gasteiger partial charge in [-0.2, -0.15) is 0 Å². The Morgan fingerprint density at radius 1 is 1.00 bits per heavy atom. The van der Waals surface area contributed by atoms with Crippen LogP contribution in [0.15, 0.2) is 67.0 Å². The molecule has 0 bridgehead atoms. The second-order valence-corrected chi connectivity index (χ2v) is 10.2. The molecule has 1 aliphatic rings. The molecule has 1 aliphatic heterocycles. The minimum atomic E-state index is -1.07. The summed E-state index contributed by atoms with van der Waals surface area (Å²) in [4.78, 5) is 21.7. The third-order valence-electron chi connectivity index (χ3n) is 5.65. The molecule has 9 heteroatoms. The number of carbonyl (C=O) groups is 1. The number of hydrogen-bond donors (Lipinski definition) is 1. The van der Waals surface area contributed by atoms with Gasteiger partial charge in [0.25, 0.3) is 5.91 Å². The van der Waals surface area contributed by atoms with E-state index in [0.717, 1.165) is 29.4 Å². The number of rotatable bonds is 4. The van der Waals surface area contributed by atoms with Crippen LogP contribution in [0.5, 0.6) is 0 Å². The number of halogens is 2. The fraction of sp³-hybridized carbons (Fsp3) is 0.160. The highest BCUT2D eigenvalue weighted by atomic mass is 35.5. The molecule has 0 saturated carbocycles. The molecule has 0 aliphatic carbocycles. The van der Waals surface area contributed by atoms with Crippen LogP contribution in [0.2, 0.25) is 10.0 Å². The first-order chi connectivity index (χ1) is 16.5. The van der Waals surface area contributed by atoms with E-state index in [1.807, 2.05) is 22.5 Å². The molecule has 0 spiro atoms. The van der Waals surface area contributed by atoms with Crippen molar-refractivity contribution in [2.45, 2.75) is 12.8 Å². The summed E-state index contributed by atoms with van der Waals surface area (Å²) < 4.78 is 14.1. The lowest BCUT2D eigenvalue weighted by molar-refractivity contribution is 0.102. The number of hydrogen-bond acceptors (Lipinski definition) is 4. The van der Waals surface area contributed by atoms with Crippen LogP contribution >= 0.6 is 23.2 Å². The Morgan fingerprint density at radius 2 is 1.88 bits per heavy atom. The maximum absolute atomic E-state index is 13.0. The van der Waals surface area contributed by atoms with Gasteiger partial charge in [0.1, 0.15) is 11.0 Å². The Labute approximate surface area is 209 Å². The number of aromatic nitrogens is 2. The molecule has 4 aromatic rings. The minimum Gasteiger partial charge on any atom is -0.322 e. The van der Waals surface area contributed by atoms with Crippen molar-refractivity contribution in [3.8, 4) is 11.3 Å². The Bertz CT molecular complexity index is 1430. The first kappa shape index (κ1) is 22.8. The molecule has 2 aromatic carbocycles. The highest BCUT2D eigenvalue weighted by Crippen LogP contribution is 2.32. The van der Waals surface area contributed by atoms with Crippen molar-refractivity contribution in [2.24, 2.45) is 0 Å². The van der Waals surface area contributed by atoms with Gasteiger partial charge in [-0.25, -0.2) is 9.19 Å². The fourth-order valence-electron chi connectivity index (χ4n) is 3.90. The predicted molar refractivity (Wildman–Crippen MR) is 139 cm³/mol. The van der Waals surface area contributed by atoms with E-state index >= 15 is 0 Å². The van der Waals surface area contributed by atoms with Crippen molar-refractivity contribution in [1.29, 1.82) is 0 Å². The van der Waals surface area contributed by atoms with Gasteiger partial charge in [-0.3, -0.25) is 14.1 Å². The number of nitrogens with zero attached hydrogens (tertiary/aromatic N) is 3. The van der Waals surface area contributed by atoms with Gasteiger partial charge in [-0.1, -0.05) is 23.2 Å². The predicted octanol–water partition coefficient (Wildman–Crippen LogP) is 6.12. The molecule has 6 nitrogen and oxygen atoms in total. The third-order valence-corrected chi connectivity index (χ3v) is 7.82. The van der Waals surface area contributed by atoms with Gasteiger partial charge in [0.05, 0.1) is 32.5 Å². The molecule has 1 saturated heterocycles. The van der Waals surface area contributed by atoms with E-state index in [4.69, 9.17) is 23.2 Å². The summed E-state index contributed by atoms with van der Waals surface area (Å²) in [6.45, 7) is 0.710. The summed E-state index contributed by atoms with van der Waals surface area (Å²) in [5.41, 5.74) is 3.86. The number of fused-ring (bicyclic) bond motifs is 1. The van der Waals surface area contributed by atoms with Crippen molar-refractivity contribution >= 4 is 62.4 Å². The number of amides is 1. The van der Waals surface area contributed by atoms with Crippen LogP contribution in [0.3, 0.4) is 0 Å². The SMILES string of the molecule is O=C(Nc1ccc(Cl)c(-c2ccc3cnccc3n2)c1)c1ccc(N2CCCCS2=O)cc1Cl. The molecule has 5 rings (SSSR count). The second-order valence-electron chi connectivity index (χ2n) is 7.91. The normalized spacial score (nSPS) is 15.9. The van der Waals surface area contributed by atoms with Crippen molar-refractivity contribution < 1.29 is 9.00 Å². The Morgan fingerprint density at radius 3 is 2.71 bits per heavy atom. The minimum absolute atomic E-state index is 0.302. The van der Waals surface area contributed by atoms with Crippen LogP contribution in [0, 0.1) is 0 Å². The zero-order chi connectivity index (χ0) is 23.7. The molecule has 2 aromatic heterocycles. The van der Waals surface area contributed by atoms with E-state index in [2.05, 4.69) is 15.3 Å². The molecule has 1 N–H and O–H groups in total. The molecular formula is C25H20Cl2N4O2S. The maximum atomic E-state index is 13.0. The second kappa shape index (κ2) is 9.70. The average molecular weight is 511 g/mol. The Kier molecular flexibility index (Phi) is 6.50. The van der Waals surface area contributed by atoms with E-state index in [-0.39, 0.29) is 5.91 Å². The highest BCUT2D eigenvalue weighted by molar-refractivity contribution is 7.86. The monoisotopic (exact) mass is 510 g/mol. The summed E-state index contributed by atoms with van der Waals surface area (Å²) in [6.07, 6.45) is 5.37. The summed E-state index contributed by atoms with van der Waals surface area (Å²) in [5, 5.41) is 4.64. The van der Waals surface area contributed by atoms with E-state index in [1.165, 1.54) is 0 Å². The van der Waals surface area contributed by atoms with Crippen LogP contribution in [0.25, 0.3) is 22.2 Å². The van der Waals surface area contributed by atoms with Crippen molar-refractivity contribution in [3.63, 3.8) is 0 Å². The third kappa shape index (κ3) is 4.64. The molecule has 172 valence electrons. The van der Waals surface area contributed by atoms with Gasteiger partial charge >= 0.3 is 0 Å². The van der Waals surface area contributed by atoms with Gasteiger partial charge in [0.15, 0.2) is 0 Å². The summed E-state index contributed by atoms with van der Waals surface area (Å²) in [7, 11) is -1.07. The summed E-state index contributed by atoms with van der Waals surface area (Å²) in [5.74, 6) is 0.295. The van der Waals surface area contributed by atoms with Gasteiger partial charge in [0.2, 0.25) is 0 Å². The largest absolute Gasteiger partial charge is 0.322 e.